The number of hydrogen-bond donors (Lipinski definition) is 1. The first-order chi connectivity index (χ1) is 6.83. The minimum atomic E-state index is -0.300. The number of aliphatic hydroxyl groups is 1. The van der Waals surface area contributed by atoms with E-state index in [-0.39, 0.29) is 6.10 Å². The zero-order chi connectivity index (χ0) is 9.97. The molecule has 1 aromatic heterocycles. The lowest BCUT2D eigenvalue weighted by Crippen LogP contribution is -2.09. The van der Waals surface area contributed by atoms with Crippen LogP contribution in [0.15, 0.2) is 16.7 Å². The summed E-state index contributed by atoms with van der Waals surface area (Å²) in [6.45, 7) is 2.06. The van der Waals surface area contributed by atoms with E-state index in [9.17, 15) is 5.11 Å². The van der Waals surface area contributed by atoms with Crippen LogP contribution >= 0.6 is 0 Å². The smallest absolute Gasteiger partial charge is 0.109 e. The lowest BCUT2D eigenvalue weighted by molar-refractivity contribution is 0.110. The van der Waals surface area contributed by atoms with Crippen molar-refractivity contribution in [2.45, 2.75) is 45.1 Å². The molecule has 0 aliphatic heterocycles. The molecule has 1 atom stereocenters. The van der Waals surface area contributed by atoms with Crippen molar-refractivity contribution in [1.29, 1.82) is 0 Å². The van der Waals surface area contributed by atoms with E-state index in [2.05, 4.69) is 6.92 Å². The van der Waals surface area contributed by atoms with Crippen molar-refractivity contribution in [1.82, 2.24) is 0 Å². The van der Waals surface area contributed by atoms with Crippen LogP contribution in [0.2, 0.25) is 0 Å². The van der Waals surface area contributed by atoms with Crippen molar-refractivity contribution < 1.29 is 9.52 Å². The molecule has 2 nitrogen and oxygen atoms in total. The quantitative estimate of drug-likeness (QED) is 0.802. The van der Waals surface area contributed by atoms with Crippen molar-refractivity contribution in [3.05, 3.63) is 23.7 Å². The minimum absolute atomic E-state index is 0.300. The maximum atomic E-state index is 10.2. The number of hydrogen-bond acceptors (Lipinski definition) is 2. The highest BCUT2D eigenvalue weighted by atomic mass is 16.3. The Labute approximate surface area is 84.9 Å². The second-order valence-electron chi connectivity index (χ2n) is 4.14. The molecule has 2 rings (SSSR count). The molecule has 1 saturated carbocycles. The van der Waals surface area contributed by atoms with Gasteiger partial charge in [0.15, 0.2) is 0 Å². The van der Waals surface area contributed by atoms with E-state index < -0.39 is 0 Å². The van der Waals surface area contributed by atoms with E-state index in [0.29, 0.717) is 5.92 Å². The van der Waals surface area contributed by atoms with Crippen LogP contribution in [0.3, 0.4) is 0 Å². The topological polar surface area (TPSA) is 33.4 Å². The molecule has 14 heavy (non-hydrogen) atoms. The van der Waals surface area contributed by atoms with Gasteiger partial charge in [0, 0.05) is 12.0 Å². The third-order valence-electron chi connectivity index (χ3n) is 3.27. The van der Waals surface area contributed by atoms with Gasteiger partial charge in [-0.3, -0.25) is 0 Å². The summed E-state index contributed by atoms with van der Waals surface area (Å²) in [5.74, 6) is 1.40. The summed E-state index contributed by atoms with van der Waals surface area (Å²) in [6.07, 6.45) is 7.11. The molecule has 0 aromatic carbocycles. The normalized spacial score (nSPS) is 20.1. The summed E-state index contributed by atoms with van der Waals surface area (Å²) < 4.78 is 5.33. The zero-order valence-electron chi connectivity index (χ0n) is 8.70. The molecular formula is C12H18O2. The first kappa shape index (κ1) is 9.78. The van der Waals surface area contributed by atoms with Gasteiger partial charge in [0.25, 0.3) is 0 Å². The Bertz CT molecular complexity index is 284. The van der Waals surface area contributed by atoms with Crippen LogP contribution in [0.5, 0.6) is 0 Å². The summed E-state index contributed by atoms with van der Waals surface area (Å²) >= 11 is 0. The summed E-state index contributed by atoms with van der Waals surface area (Å²) in [4.78, 5) is 0. The first-order valence-corrected chi connectivity index (χ1v) is 5.57. The Balaban J connectivity index is 2.12. The van der Waals surface area contributed by atoms with Gasteiger partial charge in [-0.15, -0.1) is 0 Å². The molecule has 1 aliphatic rings. The maximum Gasteiger partial charge on any atom is 0.109 e. The molecule has 1 heterocycles. The van der Waals surface area contributed by atoms with Gasteiger partial charge in [-0.2, -0.15) is 0 Å². The Morgan fingerprint density at radius 3 is 2.86 bits per heavy atom. The molecular weight excluding hydrogens is 176 g/mol. The number of aliphatic hydroxyl groups excluding tert-OH is 1. The first-order valence-electron chi connectivity index (χ1n) is 5.57. The minimum Gasteiger partial charge on any atom is -0.469 e. The van der Waals surface area contributed by atoms with E-state index in [1.807, 2.05) is 6.07 Å². The van der Waals surface area contributed by atoms with Crippen molar-refractivity contribution in [2.75, 3.05) is 0 Å². The largest absolute Gasteiger partial charge is 0.469 e. The van der Waals surface area contributed by atoms with E-state index in [1.165, 1.54) is 12.8 Å². The molecule has 1 N–H and O–H groups in total. The van der Waals surface area contributed by atoms with E-state index in [0.717, 1.165) is 30.6 Å². The molecule has 2 heteroatoms. The standard InChI is InChI=1S/C12H18O2/c1-2-11-10(7-8-14-11)12(13)9-5-3-4-6-9/h7-9,12-13H,2-6H2,1H3. The Morgan fingerprint density at radius 1 is 1.50 bits per heavy atom. The maximum absolute atomic E-state index is 10.2. The zero-order valence-corrected chi connectivity index (χ0v) is 8.70. The molecule has 0 amide bonds. The van der Waals surface area contributed by atoms with Gasteiger partial charge in [0.05, 0.1) is 12.4 Å². The lowest BCUT2D eigenvalue weighted by atomic mass is 9.94. The molecule has 0 bridgehead atoms. The highest BCUT2D eigenvalue weighted by Gasteiger charge is 2.26. The Morgan fingerprint density at radius 2 is 2.21 bits per heavy atom. The van der Waals surface area contributed by atoms with E-state index in [1.54, 1.807) is 6.26 Å². The predicted octanol–water partition coefficient (Wildman–Crippen LogP) is 3.07. The van der Waals surface area contributed by atoms with Crippen LogP contribution in [0, 0.1) is 5.92 Å². The second-order valence-corrected chi connectivity index (χ2v) is 4.14. The van der Waals surface area contributed by atoms with Crippen molar-refractivity contribution >= 4 is 0 Å². The highest BCUT2D eigenvalue weighted by molar-refractivity contribution is 5.20. The van der Waals surface area contributed by atoms with Gasteiger partial charge in [-0.25, -0.2) is 0 Å². The number of furan rings is 1. The van der Waals surface area contributed by atoms with Crippen LogP contribution in [0.4, 0.5) is 0 Å². The van der Waals surface area contributed by atoms with Crippen molar-refractivity contribution in [2.24, 2.45) is 5.92 Å². The van der Waals surface area contributed by atoms with Crippen LogP contribution < -0.4 is 0 Å². The van der Waals surface area contributed by atoms with Crippen molar-refractivity contribution in [3.63, 3.8) is 0 Å². The second kappa shape index (κ2) is 4.18. The third-order valence-corrected chi connectivity index (χ3v) is 3.27. The van der Waals surface area contributed by atoms with Crippen LogP contribution in [-0.4, -0.2) is 5.11 Å². The van der Waals surface area contributed by atoms with Gasteiger partial charge in [-0.1, -0.05) is 19.8 Å². The SMILES string of the molecule is CCc1occc1C(O)C1CCCC1. The van der Waals surface area contributed by atoms with Gasteiger partial charge in [0.1, 0.15) is 5.76 Å². The molecule has 0 radical (unpaired) electrons. The van der Waals surface area contributed by atoms with E-state index in [4.69, 9.17) is 4.42 Å². The molecule has 1 aromatic rings. The van der Waals surface area contributed by atoms with Gasteiger partial charge < -0.3 is 9.52 Å². The van der Waals surface area contributed by atoms with Crippen LogP contribution in [0.1, 0.15) is 50.0 Å². The average molecular weight is 194 g/mol. The number of rotatable bonds is 3. The number of aryl methyl sites for hydroxylation is 1. The summed E-state index contributed by atoms with van der Waals surface area (Å²) in [7, 11) is 0. The van der Waals surface area contributed by atoms with Crippen molar-refractivity contribution in [3.8, 4) is 0 Å². The molecule has 1 unspecified atom stereocenters. The average Bonchev–Trinajstić information content (AvgIpc) is 2.87. The third kappa shape index (κ3) is 1.71. The monoisotopic (exact) mass is 194 g/mol. The van der Waals surface area contributed by atoms with Gasteiger partial charge >= 0.3 is 0 Å². The molecule has 78 valence electrons. The summed E-state index contributed by atoms with van der Waals surface area (Å²) in [5, 5.41) is 10.2. The molecule has 1 fully saturated rings. The molecule has 1 aliphatic carbocycles. The fourth-order valence-electron chi connectivity index (χ4n) is 2.43. The predicted molar refractivity (Wildman–Crippen MR) is 55.0 cm³/mol. The molecule has 0 saturated heterocycles. The fourth-order valence-corrected chi connectivity index (χ4v) is 2.43. The lowest BCUT2D eigenvalue weighted by Gasteiger charge is -2.17. The van der Waals surface area contributed by atoms with Crippen LogP contribution in [0.25, 0.3) is 0 Å². The highest BCUT2D eigenvalue weighted by Crippen LogP contribution is 2.37. The van der Waals surface area contributed by atoms with Gasteiger partial charge in [-0.05, 0) is 24.8 Å². The Hall–Kier alpha value is -0.760. The van der Waals surface area contributed by atoms with Crippen LogP contribution in [-0.2, 0) is 6.42 Å². The Kier molecular flexibility index (Phi) is 2.92. The summed E-state index contributed by atoms with van der Waals surface area (Å²) in [5.41, 5.74) is 1.01. The summed E-state index contributed by atoms with van der Waals surface area (Å²) in [6, 6.07) is 1.92. The van der Waals surface area contributed by atoms with Gasteiger partial charge in [0.2, 0.25) is 0 Å². The molecule has 0 spiro atoms. The fraction of sp³-hybridized carbons (Fsp3) is 0.667. The van der Waals surface area contributed by atoms with E-state index >= 15 is 0 Å².